The van der Waals surface area contributed by atoms with Crippen molar-refractivity contribution in [3.05, 3.63) is 35.4 Å². The number of hydrogen-bond acceptors (Lipinski definition) is 1. The van der Waals surface area contributed by atoms with Crippen LogP contribution in [0.25, 0.3) is 0 Å². The molecular weight excluding hydrogens is 172 g/mol. The number of alkyl halides is 1. The van der Waals surface area contributed by atoms with Crippen molar-refractivity contribution in [3.8, 4) is 0 Å². The quantitative estimate of drug-likeness (QED) is 0.519. The third-order valence-electron chi connectivity index (χ3n) is 1.82. The van der Waals surface area contributed by atoms with E-state index >= 15 is 0 Å². The molecule has 0 bridgehead atoms. The molecule has 0 atom stereocenters. The van der Waals surface area contributed by atoms with E-state index in [1.807, 2.05) is 31.2 Å². The molecule has 0 aromatic heterocycles. The van der Waals surface area contributed by atoms with Gasteiger partial charge in [-0.2, -0.15) is 0 Å². The molecule has 0 amide bonds. The summed E-state index contributed by atoms with van der Waals surface area (Å²) in [6.45, 7) is 2.03. The highest BCUT2D eigenvalue weighted by Crippen LogP contribution is 2.10. The minimum atomic E-state index is 0.00844. The molecule has 0 spiro atoms. The molecule has 64 valence electrons. The van der Waals surface area contributed by atoms with Gasteiger partial charge in [0.1, 0.15) is 0 Å². The molecule has 0 aliphatic carbocycles. The molecule has 1 nitrogen and oxygen atoms in total. The standard InChI is InChI=1S/C10H11ClO/c1-2-8-5-3-4-6-9(8)10(12)7-11/h3-6H,2,7H2,1H3. The second-order valence-electron chi connectivity index (χ2n) is 2.57. The van der Waals surface area contributed by atoms with Crippen LogP contribution in [0.5, 0.6) is 0 Å². The summed E-state index contributed by atoms with van der Waals surface area (Å²) in [5, 5.41) is 0. The molecule has 0 radical (unpaired) electrons. The average molecular weight is 183 g/mol. The van der Waals surface area contributed by atoms with Crippen LogP contribution in [0, 0.1) is 0 Å². The van der Waals surface area contributed by atoms with Gasteiger partial charge in [0.15, 0.2) is 5.78 Å². The summed E-state index contributed by atoms with van der Waals surface area (Å²) in [6.07, 6.45) is 0.874. The number of ketones is 1. The van der Waals surface area contributed by atoms with E-state index in [4.69, 9.17) is 11.6 Å². The largest absolute Gasteiger partial charge is 0.293 e. The van der Waals surface area contributed by atoms with Crippen molar-refractivity contribution in [1.82, 2.24) is 0 Å². The summed E-state index contributed by atoms with van der Waals surface area (Å²) in [7, 11) is 0. The molecule has 0 saturated carbocycles. The van der Waals surface area contributed by atoms with Gasteiger partial charge in [0, 0.05) is 5.56 Å². The molecule has 2 heteroatoms. The fourth-order valence-electron chi connectivity index (χ4n) is 1.17. The van der Waals surface area contributed by atoms with Crippen LogP contribution in [0.4, 0.5) is 0 Å². The predicted octanol–water partition coefficient (Wildman–Crippen LogP) is 2.67. The maximum atomic E-state index is 11.3. The molecule has 0 aliphatic heterocycles. The van der Waals surface area contributed by atoms with E-state index in [-0.39, 0.29) is 11.7 Å². The molecule has 0 heterocycles. The lowest BCUT2D eigenvalue weighted by molar-refractivity contribution is 0.102. The summed E-state index contributed by atoms with van der Waals surface area (Å²) >= 11 is 5.47. The van der Waals surface area contributed by atoms with E-state index in [0.29, 0.717) is 0 Å². The van der Waals surface area contributed by atoms with Crippen LogP contribution < -0.4 is 0 Å². The lowest BCUT2D eigenvalue weighted by atomic mass is 10.0. The SMILES string of the molecule is CCc1ccccc1C(=O)CCl. The predicted molar refractivity (Wildman–Crippen MR) is 50.9 cm³/mol. The van der Waals surface area contributed by atoms with Crippen molar-refractivity contribution >= 4 is 17.4 Å². The van der Waals surface area contributed by atoms with E-state index in [1.165, 1.54) is 0 Å². The smallest absolute Gasteiger partial charge is 0.177 e. The molecule has 1 rings (SSSR count). The van der Waals surface area contributed by atoms with Crippen LogP contribution in [0.2, 0.25) is 0 Å². The Balaban J connectivity index is 3.04. The van der Waals surface area contributed by atoms with Crippen molar-refractivity contribution in [2.45, 2.75) is 13.3 Å². The van der Waals surface area contributed by atoms with Gasteiger partial charge in [-0.15, -0.1) is 11.6 Å². The van der Waals surface area contributed by atoms with Crippen LogP contribution in [0.1, 0.15) is 22.8 Å². The lowest BCUT2D eigenvalue weighted by Crippen LogP contribution is -2.03. The maximum absolute atomic E-state index is 11.3. The number of rotatable bonds is 3. The average Bonchev–Trinajstić information content (AvgIpc) is 2.16. The first-order valence-corrected chi connectivity index (χ1v) is 4.50. The van der Waals surface area contributed by atoms with Crippen LogP contribution >= 0.6 is 11.6 Å². The number of aryl methyl sites for hydroxylation is 1. The summed E-state index contributed by atoms with van der Waals surface area (Å²) in [5.41, 5.74) is 1.83. The zero-order chi connectivity index (χ0) is 8.97. The van der Waals surface area contributed by atoms with Crippen LogP contribution in [-0.2, 0) is 6.42 Å². The Morgan fingerprint density at radius 3 is 2.67 bits per heavy atom. The van der Waals surface area contributed by atoms with Gasteiger partial charge in [-0.05, 0) is 12.0 Å². The molecule has 0 saturated heterocycles. The number of hydrogen-bond donors (Lipinski definition) is 0. The van der Waals surface area contributed by atoms with Crippen LogP contribution in [0.15, 0.2) is 24.3 Å². The maximum Gasteiger partial charge on any atom is 0.177 e. The Labute approximate surface area is 77.4 Å². The zero-order valence-corrected chi connectivity index (χ0v) is 7.77. The Morgan fingerprint density at radius 2 is 2.08 bits per heavy atom. The second-order valence-corrected chi connectivity index (χ2v) is 2.83. The lowest BCUT2D eigenvalue weighted by Gasteiger charge is -2.03. The first kappa shape index (κ1) is 9.27. The van der Waals surface area contributed by atoms with Gasteiger partial charge in [0.2, 0.25) is 0 Å². The molecule has 0 N–H and O–H groups in total. The number of halogens is 1. The van der Waals surface area contributed by atoms with E-state index < -0.39 is 0 Å². The third-order valence-corrected chi connectivity index (χ3v) is 2.06. The van der Waals surface area contributed by atoms with E-state index in [1.54, 1.807) is 0 Å². The fourth-order valence-corrected chi connectivity index (χ4v) is 1.32. The highest BCUT2D eigenvalue weighted by Gasteiger charge is 2.06. The van der Waals surface area contributed by atoms with E-state index in [0.717, 1.165) is 17.5 Å². The molecule has 1 aromatic rings. The number of carbonyl (C=O) groups excluding carboxylic acids is 1. The minimum absolute atomic E-state index is 0.00844. The number of carbonyl (C=O) groups is 1. The van der Waals surface area contributed by atoms with Gasteiger partial charge in [-0.25, -0.2) is 0 Å². The van der Waals surface area contributed by atoms with Gasteiger partial charge in [0.05, 0.1) is 5.88 Å². The summed E-state index contributed by atoms with van der Waals surface area (Å²) in [4.78, 5) is 11.3. The van der Waals surface area contributed by atoms with E-state index in [2.05, 4.69) is 0 Å². The second kappa shape index (κ2) is 4.27. The summed E-state index contributed by atoms with van der Waals surface area (Å²) in [5.74, 6) is 0.0749. The van der Waals surface area contributed by atoms with Crippen molar-refractivity contribution in [1.29, 1.82) is 0 Å². The van der Waals surface area contributed by atoms with E-state index in [9.17, 15) is 4.79 Å². The first-order chi connectivity index (χ1) is 5.79. The Morgan fingerprint density at radius 1 is 1.42 bits per heavy atom. The Kier molecular flexibility index (Phi) is 3.30. The molecule has 0 fully saturated rings. The Hall–Kier alpha value is -0.820. The van der Waals surface area contributed by atoms with Crippen molar-refractivity contribution in [2.75, 3.05) is 5.88 Å². The summed E-state index contributed by atoms with van der Waals surface area (Å²) < 4.78 is 0. The zero-order valence-electron chi connectivity index (χ0n) is 7.01. The molecule has 0 unspecified atom stereocenters. The molecule has 12 heavy (non-hydrogen) atoms. The van der Waals surface area contributed by atoms with Crippen LogP contribution in [0.3, 0.4) is 0 Å². The summed E-state index contributed by atoms with van der Waals surface area (Å²) in [6, 6.07) is 7.58. The van der Waals surface area contributed by atoms with Gasteiger partial charge < -0.3 is 0 Å². The highest BCUT2D eigenvalue weighted by molar-refractivity contribution is 6.30. The first-order valence-electron chi connectivity index (χ1n) is 3.96. The third kappa shape index (κ3) is 1.86. The minimum Gasteiger partial charge on any atom is -0.293 e. The highest BCUT2D eigenvalue weighted by atomic mass is 35.5. The van der Waals surface area contributed by atoms with Gasteiger partial charge >= 0.3 is 0 Å². The molecular formula is C10H11ClO. The van der Waals surface area contributed by atoms with Crippen molar-refractivity contribution in [2.24, 2.45) is 0 Å². The fraction of sp³-hybridized carbons (Fsp3) is 0.300. The molecule has 1 aromatic carbocycles. The van der Waals surface area contributed by atoms with Gasteiger partial charge in [-0.1, -0.05) is 31.2 Å². The topological polar surface area (TPSA) is 17.1 Å². The van der Waals surface area contributed by atoms with Gasteiger partial charge in [-0.3, -0.25) is 4.79 Å². The Bertz CT molecular complexity index is 281. The monoisotopic (exact) mass is 182 g/mol. The van der Waals surface area contributed by atoms with Crippen molar-refractivity contribution in [3.63, 3.8) is 0 Å². The normalized spacial score (nSPS) is 9.83. The molecule has 0 aliphatic rings. The number of Topliss-reactive ketones (excluding diaryl/α,β-unsaturated/α-hetero) is 1. The number of benzene rings is 1. The van der Waals surface area contributed by atoms with Crippen molar-refractivity contribution < 1.29 is 4.79 Å². The van der Waals surface area contributed by atoms with Gasteiger partial charge in [0.25, 0.3) is 0 Å². The van der Waals surface area contributed by atoms with Crippen LogP contribution in [-0.4, -0.2) is 11.7 Å².